The van der Waals surface area contributed by atoms with E-state index < -0.39 is 0 Å². The molecular formula is C104H65N7. The Morgan fingerprint density at radius 3 is 0.919 bits per heavy atom. The fourth-order valence-corrected chi connectivity index (χ4v) is 16.4. The van der Waals surface area contributed by atoms with Crippen LogP contribution in [0.5, 0.6) is 0 Å². The second-order valence-corrected chi connectivity index (χ2v) is 28.4. The third-order valence-corrected chi connectivity index (χ3v) is 21.8. The maximum atomic E-state index is 5.32. The molecular weight excluding hydrogens is 1350 g/mol. The first kappa shape index (κ1) is 64.5. The van der Waals surface area contributed by atoms with Gasteiger partial charge in [-0.15, -0.1) is 0 Å². The summed E-state index contributed by atoms with van der Waals surface area (Å²) < 4.78 is 2.39. The Labute approximate surface area is 640 Å². The minimum atomic E-state index is 0.902. The van der Waals surface area contributed by atoms with Crippen LogP contribution in [0, 0.1) is 0 Å². The number of nitrogens with zero attached hydrogens (tertiary/aromatic N) is 7. The molecule has 0 fully saturated rings. The van der Waals surface area contributed by atoms with Gasteiger partial charge in [0.15, 0.2) is 0 Å². The molecule has 0 atom stereocenters. The second kappa shape index (κ2) is 27.1. The molecule has 7 aromatic heterocycles. The van der Waals surface area contributed by atoms with E-state index in [1.165, 1.54) is 60.4 Å². The standard InChI is InChI=1S/C55H34N4.C49H31N3/c1-2-12-35(13-3-1)47-32-30-38-28-29-39-31-33-48(57-55(39)54(38)56-47)36-24-26-37(27-25-36)53-46-20-11-19-42(52(46)45-18-4-7-21-49(45)58-53)40-14-10-15-41(34-40)59-50-22-8-5-16-43(50)44-17-6-9-23-51(44)59;1-3-11-32(12-4-1)38-15-9-16-39(31-38)40-18-10-19-42-46(40)41-17-7-8-20-45(41)52-47(42)35-23-21-34(22-24-35)44-30-28-37-26-25-36-27-29-43(33-13-5-2-6-14-33)50-48(36)49(37)51-44/h1-34H;1-31H. The van der Waals surface area contributed by atoms with Gasteiger partial charge in [0, 0.05) is 104 Å². The minimum absolute atomic E-state index is 0.902. The van der Waals surface area contributed by atoms with Crippen LogP contribution in [0.2, 0.25) is 0 Å². The molecule has 22 aromatic rings. The first-order valence-electron chi connectivity index (χ1n) is 37.6. The molecule has 516 valence electrons. The molecule has 0 N–H and O–H groups in total. The van der Waals surface area contributed by atoms with Crippen LogP contribution in [0.1, 0.15) is 0 Å². The summed E-state index contributed by atoms with van der Waals surface area (Å²) in [6.45, 7) is 0. The zero-order chi connectivity index (χ0) is 73.3. The van der Waals surface area contributed by atoms with Gasteiger partial charge in [0.05, 0.1) is 78.3 Å². The van der Waals surface area contributed by atoms with Crippen molar-refractivity contribution in [1.29, 1.82) is 0 Å². The van der Waals surface area contributed by atoms with Crippen molar-refractivity contribution >= 4 is 109 Å². The molecule has 0 aliphatic heterocycles. The first-order chi connectivity index (χ1) is 55.0. The Bertz CT molecular complexity index is 7370. The second-order valence-electron chi connectivity index (χ2n) is 28.4. The van der Waals surface area contributed by atoms with E-state index in [9.17, 15) is 0 Å². The molecule has 111 heavy (non-hydrogen) atoms. The maximum absolute atomic E-state index is 5.32. The third-order valence-electron chi connectivity index (χ3n) is 21.8. The van der Waals surface area contributed by atoms with Crippen LogP contribution in [0.25, 0.3) is 215 Å². The molecule has 22 rings (SSSR count). The lowest BCUT2D eigenvalue weighted by Crippen LogP contribution is -1.95. The Morgan fingerprint density at radius 1 is 0.180 bits per heavy atom. The van der Waals surface area contributed by atoms with Gasteiger partial charge in [-0.3, -0.25) is 0 Å². The summed E-state index contributed by atoms with van der Waals surface area (Å²) in [5.41, 5.74) is 28.3. The number of benzene rings is 15. The molecule has 0 saturated carbocycles. The van der Waals surface area contributed by atoms with E-state index in [1.54, 1.807) is 0 Å². The summed E-state index contributed by atoms with van der Waals surface area (Å²) in [6, 6.07) is 139. The zero-order valence-electron chi connectivity index (χ0n) is 60.2. The van der Waals surface area contributed by atoms with E-state index in [0.717, 1.165) is 155 Å². The SMILES string of the molecule is c1ccc(-c2ccc3ccc4ccc(-c5ccc(-c6nc7ccccc7c7c(-c8cccc(-n9c%10ccccc%10c%10ccccc%109)c8)cccc67)cc5)nc4c3n2)cc1.c1ccc(-c2cccc(-c3cccc4c(-c5ccc(-c6ccc7ccc8ccc(-c9ccccc9)nc8c7n6)cc5)nc5ccccc5c34)c2)cc1. The van der Waals surface area contributed by atoms with Crippen molar-refractivity contribution in [1.82, 2.24) is 34.5 Å². The molecule has 0 amide bonds. The van der Waals surface area contributed by atoms with E-state index >= 15 is 0 Å². The summed E-state index contributed by atoms with van der Waals surface area (Å²) in [5.74, 6) is 0. The highest BCUT2D eigenvalue weighted by atomic mass is 15.0. The number of aromatic nitrogens is 7. The van der Waals surface area contributed by atoms with Gasteiger partial charge in [-0.25, -0.2) is 29.9 Å². The van der Waals surface area contributed by atoms with Crippen molar-refractivity contribution in [3.8, 4) is 107 Å². The summed E-state index contributed by atoms with van der Waals surface area (Å²) in [5, 5.41) is 13.7. The Kier molecular flexibility index (Phi) is 15.8. The predicted octanol–water partition coefficient (Wildman–Crippen LogP) is 27.1. The molecule has 7 heterocycles. The molecule has 7 heteroatoms. The zero-order valence-corrected chi connectivity index (χ0v) is 60.2. The number of rotatable bonds is 10. The topological polar surface area (TPSA) is 82.3 Å². The Morgan fingerprint density at radius 2 is 0.486 bits per heavy atom. The third kappa shape index (κ3) is 11.5. The largest absolute Gasteiger partial charge is 0.309 e. The highest BCUT2D eigenvalue weighted by Gasteiger charge is 2.21. The minimum Gasteiger partial charge on any atom is -0.309 e. The normalized spacial score (nSPS) is 11.6. The van der Waals surface area contributed by atoms with Gasteiger partial charge >= 0.3 is 0 Å². The van der Waals surface area contributed by atoms with Crippen molar-refractivity contribution in [3.05, 3.63) is 394 Å². The van der Waals surface area contributed by atoms with Crippen LogP contribution in [-0.2, 0) is 0 Å². The highest BCUT2D eigenvalue weighted by Crippen LogP contribution is 2.44. The van der Waals surface area contributed by atoms with Crippen molar-refractivity contribution in [2.45, 2.75) is 0 Å². The van der Waals surface area contributed by atoms with Crippen LogP contribution in [0.3, 0.4) is 0 Å². The van der Waals surface area contributed by atoms with Crippen LogP contribution >= 0.6 is 0 Å². The average molecular weight is 1410 g/mol. The number of fused-ring (bicyclic) bond motifs is 15. The maximum Gasteiger partial charge on any atom is 0.0972 e. The molecule has 0 spiro atoms. The van der Waals surface area contributed by atoms with Gasteiger partial charge in [0.25, 0.3) is 0 Å². The molecule has 0 aliphatic carbocycles. The summed E-state index contributed by atoms with van der Waals surface area (Å²) in [4.78, 5) is 31.2. The highest BCUT2D eigenvalue weighted by molar-refractivity contribution is 6.19. The fraction of sp³-hybridized carbons (Fsp3) is 0. The lowest BCUT2D eigenvalue weighted by Gasteiger charge is -2.16. The van der Waals surface area contributed by atoms with Gasteiger partial charge in [-0.2, -0.15) is 0 Å². The van der Waals surface area contributed by atoms with Crippen LogP contribution in [-0.4, -0.2) is 34.5 Å². The number of pyridine rings is 6. The molecule has 0 bridgehead atoms. The van der Waals surface area contributed by atoms with E-state index in [0.29, 0.717) is 0 Å². The smallest absolute Gasteiger partial charge is 0.0972 e. The van der Waals surface area contributed by atoms with Crippen molar-refractivity contribution in [2.75, 3.05) is 0 Å². The van der Waals surface area contributed by atoms with Gasteiger partial charge in [0.1, 0.15) is 0 Å². The first-order valence-corrected chi connectivity index (χ1v) is 37.6. The molecule has 0 aliphatic rings. The van der Waals surface area contributed by atoms with Crippen LogP contribution < -0.4 is 0 Å². The van der Waals surface area contributed by atoms with Gasteiger partial charge in [-0.05, 0) is 100 Å². The monoisotopic (exact) mass is 1410 g/mol. The summed E-state index contributed by atoms with van der Waals surface area (Å²) >= 11 is 0. The molecule has 0 saturated heterocycles. The van der Waals surface area contributed by atoms with Crippen molar-refractivity contribution in [3.63, 3.8) is 0 Å². The van der Waals surface area contributed by atoms with E-state index in [2.05, 4.69) is 362 Å². The number of hydrogen-bond acceptors (Lipinski definition) is 6. The van der Waals surface area contributed by atoms with Crippen molar-refractivity contribution < 1.29 is 0 Å². The Hall–Kier alpha value is -14.9. The number of para-hydroxylation sites is 4. The van der Waals surface area contributed by atoms with E-state index in [4.69, 9.17) is 29.9 Å². The van der Waals surface area contributed by atoms with Crippen LogP contribution in [0.4, 0.5) is 0 Å². The van der Waals surface area contributed by atoms with Gasteiger partial charge in [0.2, 0.25) is 0 Å². The fourth-order valence-electron chi connectivity index (χ4n) is 16.4. The lowest BCUT2D eigenvalue weighted by molar-refractivity contribution is 1.18. The molecule has 0 radical (unpaired) electrons. The summed E-state index contributed by atoms with van der Waals surface area (Å²) in [7, 11) is 0. The van der Waals surface area contributed by atoms with E-state index in [-0.39, 0.29) is 0 Å². The van der Waals surface area contributed by atoms with Crippen LogP contribution in [0.15, 0.2) is 394 Å². The predicted molar refractivity (Wildman–Crippen MR) is 463 cm³/mol. The number of hydrogen-bond donors (Lipinski definition) is 0. The molecule has 0 unspecified atom stereocenters. The average Bonchev–Trinajstić information content (AvgIpc) is 1.49. The molecule has 7 nitrogen and oxygen atoms in total. The molecule has 15 aromatic carbocycles. The van der Waals surface area contributed by atoms with Crippen molar-refractivity contribution in [2.24, 2.45) is 0 Å². The summed E-state index contributed by atoms with van der Waals surface area (Å²) in [6.07, 6.45) is 0. The van der Waals surface area contributed by atoms with Gasteiger partial charge < -0.3 is 4.57 Å². The lowest BCUT2D eigenvalue weighted by atomic mass is 9.91. The van der Waals surface area contributed by atoms with E-state index in [1.807, 2.05) is 36.4 Å². The quantitative estimate of drug-likeness (QED) is 0.127. The van der Waals surface area contributed by atoms with Gasteiger partial charge in [-0.1, -0.05) is 328 Å². The Balaban J connectivity index is 0.000000142.